The van der Waals surface area contributed by atoms with E-state index in [-0.39, 0.29) is 5.92 Å². The molecule has 3 heterocycles. The number of thiophene rings is 1. The van der Waals surface area contributed by atoms with Crippen molar-refractivity contribution in [1.29, 1.82) is 0 Å². The Bertz CT molecular complexity index is 1440. The number of para-hydroxylation sites is 1. The zero-order valence-corrected chi connectivity index (χ0v) is 20.9. The van der Waals surface area contributed by atoms with E-state index in [2.05, 4.69) is 106 Å². The number of hydrogen-bond donors (Lipinski definition) is 3. The molecule has 1 aliphatic rings. The summed E-state index contributed by atoms with van der Waals surface area (Å²) in [5, 5.41) is 16.0. The maximum absolute atomic E-state index is 11.2. The molecular formula is C29H30N2OS. The van der Waals surface area contributed by atoms with Crippen molar-refractivity contribution < 1.29 is 5.11 Å². The van der Waals surface area contributed by atoms with Crippen molar-refractivity contribution in [3.8, 4) is 23.0 Å². The SMILES string of the molecule is Cc1ccc(C#Cc2c(-c3cccc4c(C)c[nH]c34)cc(C)c3c2[C@@H](C)[C@H](O)C(C)(C)N3)s1. The first-order valence-electron chi connectivity index (χ1n) is 11.5. The number of hydrogen-bond acceptors (Lipinski definition) is 3. The molecule has 0 saturated carbocycles. The molecule has 5 rings (SSSR count). The summed E-state index contributed by atoms with van der Waals surface area (Å²) in [6.45, 7) is 12.6. The van der Waals surface area contributed by atoms with E-state index in [0.29, 0.717) is 0 Å². The van der Waals surface area contributed by atoms with Crippen molar-refractivity contribution >= 4 is 27.9 Å². The zero-order valence-electron chi connectivity index (χ0n) is 20.1. The summed E-state index contributed by atoms with van der Waals surface area (Å²) < 4.78 is 0. The first-order chi connectivity index (χ1) is 15.7. The number of benzene rings is 2. The van der Waals surface area contributed by atoms with Gasteiger partial charge >= 0.3 is 0 Å². The van der Waals surface area contributed by atoms with Crippen LogP contribution in [0.1, 0.15) is 58.7 Å². The second-order valence-corrected chi connectivity index (χ2v) is 11.1. The molecule has 33 heavy (non-hydrogen) atoms. The van der Waals surface area contributed by atoms with E-state index in [1.54, 1.807) is 11.3 Å². The number of aryl methyl sites for hydroxylation is 3. The summed E-state index contributed by atoms with van der Waals surface area (Å²) >= 11 is 1.71. The van der Waals surface area contributed by atoms with Crippen LogP contribution < -0.4 is 5.32 Å². The summed E-state index contributed by atoms with van der Waals surface area (Å²) in [5.74, 6) is 6.91. The largest absolute Gasteiger partial charge is 0.390 e. The van der Waals surface area contributed by atoms with Crippen LogP contribution in [0, 0.1) is 32.6 Å². The number of aromatic nitrogens is 1. The van der Waals surface area contributed by atoms with Crippen molar-refractivity contribution in [2.24, 2.45) is 0 Å². The highest BCUT2D eigenvalue weighted by Crippen LogP contribution is 2.46. The third-order valence-corrected chi connectivity index (χ3v) is 7.86. The van der Waals surface area contributed by atoms with Gasteiger partial charge in [0.15, 0.2) is 0 Å². The van der Waals surface area contributed by atoms with Crippen molar-refractivity contribution in [2.45, 2.75) is 59.1 Å². The highest BCUT2D eigenvalue weighted by atomic mass is 32.1. The summed E-state index contributed by atoms with van der Waals surface area (Å²) in [6, 6.07) is 12.9. The minimum absolute atomic E-state index is 0.0474. The minimum atomic E-state index is -0.521. The second kappa shape index (κ2) is 7.80. The van der Waals surface area contributed by atoms with Crippen LogP contribution in [0.5, 0.6) is 0 Å². The Morgan fingerprint density at radius 1 is 1.00 bits per heavy atom. The van der Waals surface area contributed by atoms with Gasteiger partial charge in [0, 0.05) is 44.8 Å². The molecule has 3 nitrogen and oxygen atoms in total. The number of fused-ring (bicyclic) bond motifs is 2. The Balaban J connectivity index is 1.83. The van der Waals surface area contributed by atoms with Gasteiger partial charge in [0.05, 0.1) is 22.0 Å². The van der Waals surface area contributed by atoms with Gasteiger partial charge in [0.2, 0.25) is 0 Å². The average Bonchev–Trinajstić information content (AvgIpc) is 3.37. The molecule has 2 atom stereocenters. The summed E-state index contributed by atoms with van der Waals surface area (Å²) in [4.78, 5) is 5.79. The Hall–Kier alpha value is -3.00. The molecule has 0 fully saturated rings. The van der Waals surface area contributed by atoms with Crippen LogP contribution >= 0.6 is 11.3 Å². The third kappa shape index (κ3) is 3.57. The highest BCUT2D eigenvalue weighted by Gasteiger charge is 2.40. The van der Waals surface area contributed by atoms with Crippen LogP contribution in [0.25, 0.3) is 22.0 Å². The molecule has 2 aromatic carbocycles. The maximum Gasteiger partial charge on any atom is 0.0831 e. The van der Waals surface area contributed by atoms with E-state index in [4.69, 9.17) is 0 Å². The van der Waals surface area contributed by atoms with Crippen molar-refractivity contribution in [3.63, 3.8) is 0 Å². The molecule has 4 heteroatoms. The van der Waals surface area contributed by atoms with Crippen LogP contribution in [-0.4, -0.2) is 21.7 Å². The number of rotatable bonds is 1. The van der Waals surface area contributed by atoms with Crippen LogP contribution in [0.15, 0.2) is 42.6 Å². The Morgan fingerprint density at radius 3 is 2.52 bits per heavy atom. The van der Waals surface area contributed by atoms with Crippen LogP contribution in [0.4, 0.5) is 5.69 Å². The Morgan fingerprint density at radius 2 is 1.79 bits per heavy atom. The van der Waals surface area contributed by atoms with E-state index in [1.165, 1.54) is 21.4 Å². The molecule has 0 saturated heterocycles. The number of nitrogens with one attached hydrogen (secondary N) is 2. The second-order valence-electron chi connectivity index (χ2n) is 9.85. The molecule has 168 valence electrons. The Labute approximate surface area is 199 Å². The predicted molar refractivity (Wildman–Crippen MR) is 140 cm³/mol. The monoisotopic (exact) mass is 454 g/mol. The minimum Gasteiger partial charge on any atom is -0.390 e. The molecule has 0 amide bonds. The van der Waals surface area contributed by atoms with Crippen LogP contribution in [-0.2, 0) is 0 Å². The lowest BCUT2D eigenvalue weighted by Gasteiger charge is -2.43. The van der Waals surface area contributed by atoms with E-state index in [1.807, 2.05) is 0 Å². The lowest BCUT2D eigenvalue weighted by Crippen LogP contribution is -2.50. The number of aliphatic hydroxyl groups is 1. The third-order valence-electron chi connectivity index (χ3n) is 6.94. The van der Waals surface area contributed by atoms with Gasteiger partial charge in [-0.1, -0.05) is 37.0 Å². The number of aliphatic hydroxyl groups excluding tert-OH is 1. The highest BCUT2D eigenvalue weighted by molar-refractivity contribution is 7.12. The van der Waals surface area contributed by atoms with Gasteiger partial charge in [-0.15, -0.1) is 11.3 Å². The average molecular weight is 455 g/mol. The summed E-state index contributed by atoms with van der Waals surface area (Å²) in [5.41, 5.74) is 8.58. The van der Waals surface area contributed by atoms with Gasteiger partial charge in [-0.3, -0.25) is 0 Å². The fourth-order valence-electron chi connectivity index (χ4n) is 5.14. The van der Waals surface area contributed by atoms with Crippen molar-refractivity contribution in [2.75, 3.05) is 5.32 Å². The van der Waals surface area contributed by atoms with Gasteiger partial charge in [0.1, 0.15) is 0 Å². The van der Waals surface area contributed by atoms with Gasteiger partial charge in [-0.05, 0) is 69.5 Å². The molecule has 2 aromatic heterocycles. The molecule has 0 radical (unpaired) electrons. The van der Waals surface area contributed by atoms with Crippen molar-refractivity contribution in [1.82, 2.24) is 4.98 Å². The van der Waals surface area contributed by atoms with E-state index in [9.17, 15) is 5.11 Å². The quantitative estimate of drug-likeness (QED) is 0.274. The lowest BCUT2D eigenvalue weighted by molar-refractivity contribution is 0.0868. The number of aromatic amines is 1. The Kier molecular flexibility index (Phi) is 5.16. The fourth-order valence-corrected chi connectivity index (χ4v) is 5.86. The summed E-state index contributed by atoms with van der Waals surface area (Å²) in [7, 11) is 0. The smallest absolute Gasteiger partial charge is 0.0831 e. The molecule has 4 aromatic rings. The standard InChI is InChI=1S/C29H30N2OS/c1-16-14-24(23-9-7-8-21-17(2)15-30-27(21)23)22(13-12-20-11-10-18(3)33-20)25-19(4)28(32)29(5,6)31-26(16)25/h7-11,14-15,19,28,30-32H,1-6H3/t19-,28+/m1/s1. The van der Waals surface area contributed by atoms with Gasteiger partial charge in [-0.25, -0.2) is 0 Å². The van der Waals surface area contributed by atoms with Gasteiger partial charge in [0.25, 0.3) is 0 Å². The predicted octanol–water partition coefficient (Wildman–Crippen LogP) is 6.89. The first-order valence-corrected chi connectivity index (χ1v) is 12.3. The molecular weight excluding hydrogens is 424 g/mol. The molecule has 3 N–H and O–H groups in total. The van der Waals surface area contributed by atoms with Gasteiger partial charge < -0.3 is 15.4 Å². The lowest BCUT2D eigenvalue weighted by atomic mass is 9.75. The van der Waals surface area contributed by atoms with E-state index < -0.39 is 11.6 Å². The molecule has 0 unspecified atom stereocenters. The molecule has 1 aliphatic heterocycles. The topological polar surface area (TPSA) is 48.0 Å². The van der Waals surface area contributed by atoms with E-state index in [0.717, 1.165) is 38.3 Å². The molecule has 0 aliphatic carbocycles. The fraction of sp³-hybridized carbons (Fsp3) is 0.310. The summed E-state index contributed by atoms with van der Waals surface area (Å²) in [6.07, 6.45) is 1.54. The maximum atomic E-state index is 11.2. The van der Waals surface area contributed by atoms with Crippen molar-refractivity contribution in [3.05, 3.63) is 74.6 Å². The molecule has 0 spiro atoms. The van der Waals surface area contributed by atoms with Crippen LogP contribution in [0.3, 0.4) is 0 Å². The molecule has 0 bridgehead atoms. The first kappa shape index (κ1) is 21.8. The zero-order chi connectivity index (χ0) is 23.5. The number of anilines is 1. The van der Waals surface area contributed by atoms with Gasteiger partial charge in [-0.2, -0.15) is 0 Å². The van der Waals surface area contributed by atoms with E-state index >= 15 is 0 Å². The van der Waals surface area contributed by atoms with Crippen LogP contribution in [0.2, 0.25) is 0 Å². The normalized spacial score (nSPS) is 19.0. The number of H-pyrrole nitrogens is 1.